The van der Waals surface area contributed by atoms with Crippen molar-refractivity contribution in [1.82, 2.24) is 4.90 Å². The van der Waals surface area contributed by atoms with E-state index in [-0.39, 0.29) is 6.10 Å². The van der Waals surface area contributed by atoms with Crippen LogP contribution < -0.4 is 4.74 Å². The Morgan fingerprint density at radius 1 is 1.29 bits per heavy atom. The molecule has 0 saturated carbocycles. The molecule has 1 fully saturated rings. The molecule has 1 aromatic rings. The summed E-state index contributed by atoms with van der Waals surface area (Å²) in [6, 6.07) is 6.27. The Balaban J connectivity index is 1.78. The van der Waals surface area contributed by atoms with Crippen LogP contribution in [0, 0.1) is 13.8 Å². The number of rotatable bonds is 4. The molecule has 0 radical (unpaired) electrons. The minimum absolute atomic E-state index is 0.142. The average Bonchev–Trinajstić information content (AvgIpc) is 2.63. The first kappa shape index (κ1) is 12.4. The highest BCUT2D eigenvalue weighted by atomic mass is 16.5. The quantitative estimate of drug-likeness (QED) is 0.863. The number of hydrogen-bond acceptors (Lipinski definition) is 3. The van der Waals surface area contributed by atoms with Gasteiger partial charge in [-0.3, -0.25) is 4.90 Å². The van der Waals surface area contributed by atoms with Gasteiger partial charge in [0.15, 0.2) is 0 Å². The third-order valence-electron chi connectivity index (χ3n) is 3.12. The first-order valence-corrected chi connectivity index (χ1v) is 6.25. The summed E-state index contributed by atoms with van der Waals surface area (Å²) < 4.78 is 5.74. The molecule has 17 heavy (non-hydrogen) atoms. The van der Waals surface area contributed by atoms with E-state index in [1.54, 1.807) is 0 Å². The molecule has 1 aliphatic heterocycles. The van der Waals surface area contributed by atoms with E-state index in [0.29, 0.717) is 6.61 Å². The van der Waals surface area contributed by atoms with Crippen molar-refractivity contribution in [2.75, 3.05) is 26.2 Å². The largest absolute Gasteiger partial charge is 0.492 e. The van der Waals surface area contributed by atoms with Crippen LogP contribution in [0.5, 0.6) is 5.75 Å². The van der Waals surface area contributed by atoms with Crippen LogP contribution in [0.3, 0.4) is 0 Å². The second-order valence-electron chi connectivity index (χ2n) is 4.91. The fraction of sp³-hybridized carbons (Fsp3) is 0.571. The molecule has 0 spiro atoms. The number of benzene rings is 1. The molecule has 1 unspecified atom stereocenters. The first-order chi connectivity index (χ1) is 8.13. The number of hydrogen-bond donors (Lipinski definition) is 1. The van der Waals surface area contributed by atoms with Crippen molar-refractivity contribution in [2.45, 2.75) is 26.4 Å². The Bertz CT molecular complexity index is 358. The lowest BCUT2D eigenvalue weighted by Crippen LogP contribution is -2.27. The molecular formula is C14H21NO2. The highest BCUT2D eigenvalue weighted by Crippen LogP contribution is 2.16. The van der Waals surface area contributed by atoms with Crippen LogP contribution >= 0.6 is 0 Å². The monoisotopic (exact) mass is 235 g/mol. The minimum Gasteiger partial charge on any atom is -0.492 e. The van der Waals surface area contributed by atoms with Crippen LogP contribution in [-0.2, 0) is 0 Å². The van der Waals surface area contributed by atoms with Crippen LogP contribution in [0.4, 0.5) is 0 Å². The second kappa shape index (κ2) is 5.52. The Hall–Kier alpha value is -1.06. The number of aryl methyl sites for hydroxylation is 2. The SMILES string of the molecule is Cc1cc(C)cc(OCCN2CCC(O)C2)c1. The van der Waals surface area contributed by atoms with Gasteiger partial charge in [-0.1, -0.05) is 6.07 Å². The van der Waals surface area contributed by atoms with Crippen molar-refractivity contribution in [3.63, 3.8) is 0 Å². The smallest absolute Gasteiger partial charge is 0.119 e. The van der Waals surface area contributed by atoms with E-state index in [4.69, 9.17) is 4.74 Å². The van der Waals surface area contributed by atoms with Gasteiger partial charge in [-0.25, -0.2) is 0 Å². The van der Waals surface area contributed by atoms with E-state index in [9.17, 15) is 5.11 Å². The first-order valence-electron chi connectivity index (χ1n) is 6.25. The summed E-state index contributed by atoms with van der Waals surface area (Å²) in [5.74, 6) is 0.947. The molecule has 0 aliphatic carbocycles. The molecule has 3 heteroatoms. The van der Waals surface area contributed by atoms with Gasteiger partial charge < -0.3 is 9.84 Å². The fourth-order valence-corrected chi connectivity index (χ4v) is 2.32. The molecule has 0 amide bonds. The lowest BCUT2D eigenvalue weighted by Gasteiger charge is -2.15. The van der Waals surface area contributed by atoms with Gasteiger partial charge in [-0.15, -0.1) is 0 Å². The minimum atomic E-state index is -0.142. The maximum Gasteiger partial charge on any atom is 0.119 e. The third kappa shape index (κ3) is 3.72. The van der Waals surface area contributed by atoms with Crippen LogP contribution in [0.1, 0.15) is 17.5 Å². The summed E-state index contributed by atoms with van der Waals surface area (Å²) in [5.41, 5.74) is 2.47. The highest BCUT2D eigenvalue weighted by molar-refractivity contribution is 5.32. The molecule has 0 bridgehead atoms. The van der Waals surface area contributed by atoms with Crippen molar-refractivity contribution < 1.29 is 9.84 Å². The van der Waals surface area contributed by atoms with E-state index in [1.807, 2.05) is 0 Å². The normalized spacial score (nSPS) is 20.8. The molecule has 1 heterocycles. The van der Waals surface area contributed by atoms with Crippen molar-refractivity contribution in [3.8, 4) is 5.75 Å². The van der Waals surface area contributed by atoms with E-state index < -0.39 is 0 Å². The number of likely N-dealkylation sites (tertiary alicyclic amines) is 1. The van der Waals surface area contributed by atoms with E-state index in [0.717, 1.165) is 31.8 Å². The van der Waals surface area contributed by atoms with Gasteiger partial charge in [-0.05, 0) is 43.5 Å². The van der Waals surface area contributed by atoms with Crippen LogP contribution in [0.15, 0.2) is 18.2 Å². The highest BCUT2D eigenvalue weighted by Gasteiger charge is 2.19. The van der Waals surface area contributed by atoms with E-state index in [2.05, 4.69) is 36.9 Å². The lowest BCUT2D eigenvalue weighted by molar-refractivity contribution is 0.167. The predicted molar refractivity (Wildman–Crippen MR) is 68.5 cm³/mol. The number of ether oxygens (including phenoxy) is 1. The summed E-state index contributed by atoms with van der Waals surface area (Å²) in [7, 11) is 0. The van der Waals surface area contributed by atoms with Gasteiger partial charge in [0, 0.05) is 19.6 Å². The molecule has 3 nitrogen and oxygen atoms in total. The zero-order valence-electron chi connectivity index (χ0n) is 10.6. The second-order valence-corrected chi connectivity index (χ2v) is 4.91. The van der Waals surface area contributed by atoms with Gasteiger partial charge in [0.25, 0.3) is 0 Å². The number of β-amino-alcohol motifs (C(OH)–C–C–N with tert-alkyl or cyclic N) is 1. The Morgan fingerprint density at radius 3 is 2.59 bits per heavy atom. The Morgan fingerprint density at radius 2 is 2.00 bits per heavy atom. The molecule has 2 rings (SSSR count). The van der Waals surface area contributed by atoms with Crippen molar-refractivity contribution >= 4 is 0 Å². The summed E-state index contributed by atoms with van der Waals surface area (Å²) >= 11 is 0. The van der Waals surface area contributed by atoms with Gasteiger partial charge in [0.05, 0.1) is 6.10 Å². The Labute approximate surface area is 103 Å². The maximum atomic E-state index is 9.41. The average molecular weight is 235 g/mol. The molecule has 1 atom stereocenters. The summed E-state index contributed by atoms with van der Waals surface area (Å²) in [4.78, 5) is 2.24. The summed E-state index contributed by atoms with van der Waals surface area (Å²) in [5, 5.41) is 9.41. The third-order valence-corrected chi connectivity index (χ3v) is 3.12. The maximum absolute atomic E-state index is 9.41. The number of aliphatic hydroxyl groups excluding tert-OH is 1. The molecular weight excluding hydrogens is 214 g/mol. The van der Waals surface area contributed by atoms with Gasteiger partial charge in [0.1, 0.15) is 12.4 Å². The van der Waals surface area contributed by atoms with Gasteiger partial charge >= 0.3 is 0 Å². The van der Waals surface area contributed by atoms with E-state index >= 15 is 0 Å². The topological polar surface area (TPSA) is 32.7 Å². The van der Waals surface area contributed by atoms with Gasteiger partial charge in [0.2, 0.25) is 0 Å². The molecule has 94 valence electrons. The number of aliphatic hydroxyl groups is 1. The van der Waals surface area contributed by atoms with Crippen molar-refractivity contribution in [2.24, 2.45) is 0 Å². The molecule has 0 aromatic heterocycles. The van der Waals surface area contributed by atoms with Crippen LogP contribution in [0.25, 0.3) is 0 Å². The molecule has 1 saturated heterocycles. The lowest BCUT2D eigenvalue weighted by atomic mass is 10.1. The van der Waals surface area contributed by atoms with Crippen LogP contribution in [0.2, 0.25) is 0 Å². The zero-order valence-corrected chi connectivity index (χ0v) is 10.6. The summed E-state index contributed by atoms with van der Waals surface area (Å²) in [6.45, 7) is 7.51. The fourth-order valence-electron chi connectivity index (χ4n) is 2.32. The molecule has 1 N–H and O–H groups in total. The zero-order chi connectivity index (χ0) is 12.3. The summed E-state index contributed by atoms with van der Waals surface area (Å²) in [6.07, 6.45) is 0.750. The molecule has 1 aromatic carbocycles. The van der Waals surface area contributed by atoms with Gasteiger partial charge in [-0.2, -0.15) is 0 Å². The number of nitrogens with zero attached hydrogens (tertiary/aromatic N) is 1. The predicted octanol–water partition coefficient (Wildman–Crippen LogP) is 1.75. The van der Waals surface area contributed by atoms with Crippen molar-refractivity contribution in [3.05, 3.63) is 29.3 Å². The Kier molecular flexibility index (Phi) is 4.02. The molecule has 1 aliphatic rings. The van der Waals surface area contributed by atoms with Crippen molar-refractivity contribution in [1.29, 1.82) is 0 Å². The van der Waals surface area contributed by atoms with E-state index in [1.165, 1.54) is 11.1 Å². The van der Waals surface area contributed by atoms with Crippen LogP contribution in [-0.4, -0.2) is 42.4 Å². The standard InChI is InChI=1S/C14H21NO2/c1-11-7-12(2)9-14(8-11)17-6-5-15-4-3-13(16)10-15/h7-9,13,16H,3-6,10H2,1-2H3.